The predicted molar refractivity (Wildman–Crippen MR) is 83.1 cm³/mol. The SMILES string of the molecule is CCCN(CC(=O)OCC)C(=O)COc1ccc(Br)cc1. The van der Waals surface area contributed by atoms with Crippen LogP contribution in [-0.2, 0) is 14.3 Å². The number of hydrogen-bond acceptors (Lipinski definition) is 4. The lowest BCUT2D eigenvalue weighted by atomic mass is 10.3. The molecule has 0 N–H and O–H groups in total. The normalized spacial score (nSPS) is 10.0. The van der Waals surface area contributed by atoms with Crippen molar-refractivity contribution in [2.75, 3.05) is 26.3 Å². The molecule has 0 heterocycles. The number of hydrogen-bond donors (Lipinski definition) is 0. The molecule has 5 nitrogen and oxygen atoms in total. The van der Waals surface area contributed by atoms with Crippen molar-refractivity contribution >= 4 is 27.8 Å². The first-order chi connectivity index (χ1) is 10.1. The Hall–Kier alpha value is -1.56. The molecule has 0 bridgehead atoms. The van der Waals surface area contributed by atoms with E-state index < -0.39 is 5.97 Å². The Bertz CT molecular complexity index is 461. The van der Waals surface area contributed by atoms with Crippen molar-refractivity contribution in [3.63, 3.8) is 0 Å². The van der Waals surface area contributed by atoms with E-state index in [0.29, 0.717) is 18.9 Å². The Balaban J connectivity index is 2.51. The molecule has 0 saturated heterocycles. The number of halogens is 1. The van der Waals surface area contributed by atoms with E-state index in [2.05, 4.69) is 15.9 Å². The molecule has 0 fully saturated rings. The Morgan fingerprint density at radius 1 is 1.19 bits per heavy atom. The number of nitrogens with zero attached hydrogens (tertiary/aromatic N) is 1. The third kappa shape index (κ3) is 6.62. The average Bonchev–Trinajstić information content (AvgIpc) is 2.46. The fourth-order valence-electron chi connectivity index (χ4n) is 1.69. The van der Waals surface area contributed by atoms with E-state index in [4.69, 9.17) is 9.47 Å². The monoisotopic (exact) mass is 357 g/mol. The highest BCUT2D eigenvalue weighted by molar-refractivity contribution is 9.10. The van der Waals surface area contributed by atoms with Crippen LogP contribution in [0.3, 0.4) is 0 Å². The van der Waals surface area contributed by atoms with Gasteiger partial charge in [-0.1, -0.05) is 22.9 Å². The summed E-state index contributed by atoms with van der Waals surface area (Å²) in [6.07, 6.45) is 0.767. The summed E-state index contributed by atoms with van der Waals surface area (Å²) >= 11 is 3.33. The number of benzene rings is 1. The number of ether oxygens (including phenoxy) is 2. The average molecular weight is 358 g/mol. The van der Waals surface area contributed by atoms with Crippen molar-refractivity contribution in [2.24, 2.45) is 0 Å². The highest BCUT2D eigenvalue weighted by Crippen LogP contribution is 2.16. The molecular formula is C15H20BrNO4. The molecule has 0 spiro atoms. The number of carbonyl (C=O) groups is 2. The van der Waals surface area contributed by atoms with Crippen molar-refractivity contribution < 1.29 is 19.1 Å². The van der Waals surface area contributed by atoms with Gasteiger partial charge in [-0.3, -0.25) is 9.59 Å². The Morgan fingerprint density at radius 3 is 2.43 bits per heavy atom. The van der Waals surface area contributed by atoms with Gasteiger partial charge in [-0.2, -0.15) is 0 Å². The summed E-state index contributed by atoms with van der Waals surface area (Å²) in [5.41, 5.74) is 0. The molecule has 1 aromatic rings. The van der Waals surface area contributed by atoms with E-state index in [1.807, 2.05) is 19.1 Å². The fraction of sp³-hybridized carbons (Fsp3) is 0.467. The van der Waals surface area contributed by atoms with Gasteiger partial charge in [0.15, 0.2) is 6.61 Å². The molecule has 0 aromatic heterocycles. The van der Waals surface area contributed by atoms with E-state index in [1.165, 1.54) is 4.90 Å². The van der Waals surface area contributed by atoms with Gasteiger partial charge in [-0.25, -0.2) is 0 Å². The lowest BCUT2D eigenvalue weighted by molar-refractivity contribution is -0.149. The Morgan fingerprint density at radius 2 is 1.86 bits per heavy atom. The van der Waals surface area contributed by atoms with Crippen LogP contribution in [0.25, 0.3) is 0 Å². The van der Waals surface area contributed by atoms with Crippen LogP contribution >= 0.6 is 15.9 Å². The van der Waals surface area contributed by atoms with Gasteiger partial charge in [-0.15, -0.1) is 0 Å². The number of esters is 1. The minimum absolute atomic E-state index is 0.0375. The van der Waals surface area contributed by atoms with Crippen LogP contribution in [-0.4, -0.2) is 43.1 Å². The lowest BCUT2D eigenvalue weighted by Gasteiger charge is -2.21. The Labute approximate surface area is 133 Å². The van der Waals surface area contributed by atoms with Gasteiger partial charge in [-0.05, 0) is 37.6 Å². The van der Waals surface area contributed by atoms with Crippen LogP contribution in [0.15, 0.2) is 28.7 Å². The first kappa shape index (κ1) is 17.5. The standard InChI is InChI=1S/C15H20BrNO4/c1-3-9-17(10-15(19)20-4-2)14(18)11-21-13-7-5-12(16)6-8-13/h5-8H,3-4,9-11H2,1-2H3. The second-order valence-corrected chi connectivity index (χ2v) is 5.28. The van der Waals surface area contributed by atoms with Gasteiger partial charge in [0.25, 0.3) is 5.91 Å². The van der Waals surface area contributed by atoms with Gasteiger partial charge >= 0.3 is 5.97 Å². The second kappa shape index (κ2) is 9.39. The van der Waals surface area contributed by atoms with E-state index in [1.54, 1.807) is 19.1 Å². The van der Waals surface area contributed by atoms with Gasteiger partial charge in [0.05, 0.1) is 6.61 Å². The molecule has 0 atom stereocenters. The van der Waals surface area contributed by atoms with Crippen molar-refractivity contribution in [1.29, 1.82) is 0 Å². The summed E-state index contributed by atoms with van der Waals surface area (Å²) in [6, 6.07) is 7.21. The molecular weight excluding hydrogens is 338 g/mol. The third-order valence-corrected chi connectivity index (χ3v) is 3.18. The Kier molecular flexibility index (Phi) is 7.82. The molecule has 0 aliphatic rings. The van der Waals surface area contributed by atoms with Crippen LogP contribution in [0.1, 0.15) is 20.3 Å². The second-order valence-electron chi connectivity index (χ2n) is 4.36. The van der Waals surface area contributed by atoms with Crippen LogP contribution in [0.4, 0.5) is 0 Å². The summed E-state index contributed by atoms with van der Waals surface area (Å²) in [4.78, 5) is 25.0. The third-order valence-electron chi connectivity index (χ3n) is 2.65. The van der Waals surface area contributed by atoms with Gasteiger partial charge < -0.3 is 14.4 Å². The zero-order chi connectivity index (χ0) is 15.7. The molecule has 1 aromatic carbocycles. The quantitative estimate of drug-likeness (QED) is 0.671. The smallest absolute Gasteiger partial charge is 0.325 e. The summed E-state index contributed by atoms with van der Waals surface area (Å²) in [6.45, 7) is 4.36. The maximum absolute atomic E-state index is 12.1. The van der Waals surface area contributed by atoms with Crippen molar-refractivity contribution in [3.05, 3.63) is 28.7 Å². The van der Waals surface area contributed by atoms with Gasteiger partial charge in [0.1, 0.15) is 12.3 Å². The van der Waals surface area contributed by atoms with E-state index in [-0.39, 0.29) is 19.1 Å². The molecule has 0 saturated carbocycles. The molecule has 0 aliphatic heterocycles. The summed E-state index contributed by atoms with van der Waals surface area (Å²) in [7, 11) is 0. The predicted octanol–water partition coefficient (Wildman–Crippen LogP) is 2.63. The van der Waals surface area contributed by atoms with Crippen molar-refractivity contribution in [1.82, 2.24) is 4.90 Å². The zero-order valence-electron chi connectivity index (χ0n) is 12.3. The summed E-state index contributed by atoms with van der Waals surface area (Å²) in [5.74, 6) is -0.0186. The summed E-state index contributed by atoms with van der Waals surface area (Å²) in [5, 5.41) is 0. The summed E-state index contributed by atoms with van der Waals surface area (Å²) < 4.78 is 11.2. The van der Waals surface area contributed by atoms with Crippen molar-refractivity contribution in [3.8, 4) is 5.75 Å². The minimum atomic E-state index is -0.400. The molecule has 116 valence electrons. The minimum Gasteiger partial charge on any atom is -0.484 e. The van der Waals surface area contributed by atoms with E-state index in [0.717, 1.165) is 10.9 Å². The highest BCUT2D eigenvalue weighted by Gasteiger charge is 2.17. The topological polar surface area (TPSA) is 55.8 Å². The molecule has 1 rings (SSSR count). The van der Waals surface area contributed by atoms with Gasteiger partial charge in [0.2, 0.25) is 0 Å². The molecule has 0 unspecified atom stereocenters. The van der Waals surface area contributed by atoms with E-state index >= 15 is 0 Å². The lowest BCUT2D eigenvalue weighted by Crippen LogP contribution is -2.39. The number of carbonyl (C=O) groups excluding carboxylic acids is 2. The van der Waals surface area contributed by atoms with Gasteiger partial charge in [0, 0.05) is 11.0 Å². The molecule has 21 heavy (non-hydrogen) atoms. The van der Waals surface area contributed by atoms with Crippen LogP contribution in [0, 0.1) is 0 Å². The number of rotatable bonds is 8. The van der Waals surface area contributed by atoms with Crippen molar-refractivity contribution in [2.45, 2.75) is 20.3 Å². The molecule has 1 amide bonds. The fourth-order valence-corrected chi connectivity index (χ4v) is 1.96. The van der Waals surface area contributed by atoms with Crippen LogP contribution < -0.4 is 4.74 Å². The van der Waals surface area contributed by atoms with Crippen LogP contribution in [0.2, 0.25) is 0 Å². The zero-order valence-corrected chi connectivity index (χ0v) is 13.9. The largest absolute Gasteiger partial charge is 0.484 e. The van der Waals surface area contributed by atoms with E-state index in [9.17, 15) is 9.59 Å². The number of amides is 1. The van der Waals surface area contributed by atoms with Crippen LogP contribution in [0.5, 0.6) is 5.75 Å². The molecule has 0 radical (unpaired) electrons. The maximum atomic E-state index is 12.1. The molecule has 0 aliphatic carbocycles. The highest BCUT2D eigenvalue weighted by atomic mass is 79.9. The first-order valence-electron chi connectivity index (χ1n) is 6.88. The first-order valence-corrected chi connectivity index (χ1v) is 7.67. The molecule has 6 heteroatoms. The maximum Gasteiger partial charge on any atom is 0.325 e.